The minimum Gasteiger partial charge on any atom is -0.316 e. The SMILES string of the molecule is CCCNCC(C)(c1ccccc1)c1ccccc1. The average Bonchev–Trinajstić information content (AvgIpc) is 2.49. The molecule has 0 heterocycles. The summed E-state index contributed by atoms with van der Waals surface area (Å²) in [6.45, 7) is 6.56. The third-order valence-electron chi connectivity index (χ3n) is 3.73. The zero-order chi connectivity index (χ0) is 13.6. The Morgan fingerprint density at radius 2 is 1.32 bits per heavy atom. The van der Waals surface area contributed by atoms with Gasteiger partial charge in [0, 0.05) is 12.0 Å². The molecular formula is C18H23N. The fraction of sp³-hybridized carbons (Fsp3) is 0.333. The highest BCUT2D eigenvalue weighted by atomic mass is 14.9. The van der Waals surface area contributed by atoms with E-state index < -0.39 is 0 Å². The molecule has 0 unspecified atom stereocenters. The van der Waals surface area contributed by atoms with Crippen LogP contribution < -0.4 is 5.32 Å². The van der Waals surface area contributed by atoms with Gasteiger partial charge >= 0.3 is 0 Å². The van der Waals surface area contributed by atoms with E-state index in [1.165, 1.54) is 17.5 Å². The van der Waals surface area contributed by atoms with Crippen LogP contribution in [-0.4, -0.2) is 13.1 Å². The summed E-state index contributed by atoms with van der Waals surface area (Å²) in [5.74, 6) is 0. The first kappa shape index (κ1) is 13.8. The van der Waals surface area contributed by atoms with Crippen molar-refractivity contribution < 1.29 is 0 Å². The first-order valence-electron chi connectivity index (χ1n) is 7.09. The Labute approximate surface area is 116 Å². The molecule has 0 aromatic heterocycles. The van der Waals surface area contributed by atoms with Crippen LogP contribution in [0.3, 0.4) is 0 Å². The minimum absolute atomic E-state index is 0.0255. The van der Waals surface area contributed by atoms with Gasteiger partial charge in [-0.25, -0.2) is 0 Å². The molecule has 0 atom stereocenters. The molecule has 0 aliphatic heterocycles. The van der Waals surface area contributed by atoms with Crippen molar-refractivity contribution in [3.8, 4) is 0 Å². The lowest BCUT2D eigenvalue weighted by molar-refractivity contribution is 0.502. The van der Waals surface area contributed by atoms with Crippen LogP contribution in [0.4, 0.5) is 0 Å². The second-order valence-corrected chi connectivity index (χ2v) is 5.24. The highest BCUT2D eigenvalue weighted by Gasteiger charge is 2.27. The summed E-state index contributed by atoms with van der Waals surface area (Å²) < 4.78 is 0. The maximum atomic E-state index is 3.57. The van der Waals surface area contributed by atoms with Crippen molar-refractivity contribution in [3.63, 3.8) is 0 Å². The first-order chi connectivity index (χ1) is 9.27. The van der Waals surface area contributed by atoms with Gasteiger partial charge in [-0.3, -0.25) is 0 Å². The van der Waals surface area contributed by atoms with Gasteiger partial charge in [-0.2, -0.15) is 0 Å². The van der Waals surface area contributed by atoms with E-state index in [0.717, 1.165) is 13.1 Å². The lowest BCUT2D eigenvalue weighted by Gasteiger charge is -2.31. The van der Waals surface area contributed by atoms with Crippen LogP contribution in [-0.2, 0) is 5.41 Å². The zero-order valence-corrected chi connectivity index (χ0v) is 11.9. The van der Waals surface area contributed by atoms with Gasteiger partial charge in [0.05, 0.1) is 0 Å². The van der Waals surface area contributed by atoms with E-state index >= 15 is 0 Å². The summed E-state index contributed by atoms with van der Waals surface area (Å²) in [7, 11) is 0. The van der Waals surface area contributed by atoms with Crippen molar-refractivity contribution in [3.05, 3.63) is 71.8 Å². The maximum absolute atomic E-state index is 3.57. The van der Waals surface area contributed by atoms with Crippen LogP contribution in [0.25, 0.3) is 0 Å². The van der Waals surface area contributed by atoms with E-state index in [1.54, 1.807) is 0 Å². The quantitative estimate of drug-likeness (QED) is 0.767. The second-order valence-electron chi connectivity index (χ2n) is 5.24. The monoisotopic (exact) mass is 253 g/mol. The summed E-state index contributed by atoms with van der Waals surface area (Å²) in [6, 6.07) is 21.5. The highest BCUT2D eigenvalue weighted by Crippen LogP contribution is 2.31. The topological polar surface area (TPSA) is 12.0 Å². The molecule has 0 bridgehead atoms. The standard InChI is InChI=1S/C18H23N/c1-3-14-19-15-18(2,16-10-6-4-7-11-16)17-12-8-5-9-13-17/h4-13,19H,3,14-15H2,1-2H3. The minimum atomic E-state index is 0.0255. The van der Waals surface area contributed by atoms with Gasteiger partial charge < -0.3 is 5.32 Å². The Hall–Kier alpha value is -1.60. The van der Waals surface area contributed by atoms with Crippen LogP contribution in [0.1, 0.15) is 31.4 Å². The maximum Gasteiger partial charge on any atom is 0.0299 e. The summed E-state index contributed by atoms with van der Waals surface area (Å²) in [5.41, 5.74) is 2.76. The van der Waals surface area contributed by atoms with Crippen LogP contribution in [0.15, 0.2) is 60.7 Å². The Kier molecular flexibility index (Phi) is 4.75. The highest BCUT2D eigenvalue weighted by molar-refractivity contribution is 5.38. The van der Waals surface area contributed by atoms with Crippen molar-refractivity contribution in [2.24, 2.45) is 0 Å². The van der Waals surface area contributed by atoms with E-state index in [1.807, 2.05) is 0 Å². The smallest absolute Gasteiger partial charge is 0.0299 e. The number of hydrogen-bond acceptors (Lipinski definition) is 1. The van der Waals surface area contributed by atoms with Crippen LogP contribution in [0.5, 0.6) is 0 Å². The lowest BCUT2D eigenvalue weighted by atomic mass is 9.76. The summed E-state index contributed by atoms with van der Waals surface area (Å²) >= 11 is 0. The molecule has 19 heavy (non-hydrogen) atoms. The van der Waals surface area contributed by atoms with Crippen molar-refractivity contribution in [2.75, 3.05) is 13.1 Å². The fourth-order valence-corrected chi connectivity index (χ4v) is 2.50. The molecule has 1 N–H and O–H groups in total. The van der Waals surface area contributed by atoms with Gasteiger partial charge in [0.1, 0.15) is 0 Å². The van der Waals surface area contributed by atoms with E-state index in [-0.39, 0.29) is 5.41 Å². The molecule has 0 fully saturated rings. The van der Waals surface area contributed by atoms with Gasteiger partial charge in [-0.15, -0.1) is 0 Å². The molecular weight excluding hydrogens is 230 g/mol. The first-order valence-corrected chi connectivity index (χ1v) is 7.09. The zero-order valence-electron chi connectivity index (χ0n) is 11.9. The average molecular weight is 253 g/mol. The predicted molar refractivity (Wildman–Crippen MR) is 82.5 cm³/mol. The Bertz CT molecular complexity index is 436. The molecule has 1 heteroatoms. The lowest BCUT2D eigenvalue weighted by Crippen LogP contribution is -2.37. The van der Waals surface area contributed by atoms with Crippen LogP contribution in [0.2, 0.25) is 0 Å². The van der Waals surface area contributed by atoms with Gasteiger partial charge in [-0.05, 0) is 24.1 Å². The summed E-state index contributed by atoms with van der Waals surface area (Å²) in [5, 5.41) is 3.57. The number of hydrogen-bond donors (Lipinski definition) is 1. The van der Waals surface area contributed by atoms with Gasteiger partial charge in [0.2, 0.25) is 0 Å². The van der Waals surface area contributed by atoms with Gasteiger partial charge in [-0.1, -0.05) is 74.5 Å². The third kappa shape index (κ3) is 3.24. The predicted octanol–water partition coefficient (Wildman–Crippen LogP) is 3.99. The van der Waals surface area contributed by atoms with Crippen molar-refractivity contribution in [2.45, 2.75) is 25.7 Å². The number of benzene rings is 2. The van der Waals surface area contributed by atoms with Crippen LogP contribution >= 0.6 is 0 Å². The molecule has 0 aliphatic carbocycles. The summed E-state index contributed by atoms with van der Waals surface area (Å²) in [4.78, 5) is 0. The van der Waals surface area contributed by atoms with Gasteiger partial charge in [0.15, 0.2) is 0 Å². The van der Waals surface area contributed by atoms with E-state index in [2.05, 4.69) is 79.8 Å². The van der Waals surface area contributed by atoms with Gasteiger partial charge in [0.25, 0.3) is 0 Å². The number of nitrogens with one attached hydrogen (secondary N) is 1. The van der Waals surface area contributed by atoms with E-state index in [9.17, 15) is 0 Å². The normalized spacial score (nSPS) is 11.5. The van der Waals surface area contributed by atoms with Crippen LogP contribution in [0, 0.1) is 0 Å². The van der Waals surface area contributed by atoms with E-state index in [0.29, 0.717) is 0 Å². The number of rotatable bonds is 6. The largest absolute Gasteiger partial charge is 0.316 e. The molecule has 2 aromatic rings. The molecule has 100 valence electrons. The second kappa shape index (κ2) is 6.53. The molecule has 0 spiro atoms. The van der Waals surface area contributed by atoms with Crippen molar-refractivity contribution in [1.82, 2.24) is 5.32 Å². The molecule has 2 aromatic carbocycles. The molecule has 0 saturated carbocycles. The molecule has 0 amide bonds. The van der Waals surface area contributed by atoms with Crippen molar-refractivity contribution >= 4 is 0 Å². The fourth-order valence-electron chi connectivity index (χ4n) is 2.50. The Balaban J connectivity index is 2.33. The molecule has 0 aliphatic rings. The summed E-state index contributed by atoms with van der Waals surface area (Å²) in [6.07, 6.45) is 1.17. The van der Waals surface area contributed by atoms with Crippen molar-refractivity contribution in [1.29, 1.82) is 0 Å². The molecule has 2 rings (SSSR count). The third-order valence-corrected chi connectivity index (χ3v) is 3.73. The molecule has 0 saturated heterocycles. The Morgan fingerprint density at radius 1 is 0.842 bits per heavy atom. The molecule has 1 nitrogen and oxygen atoms in total. The molecule has 0 radical (unpaired) electrons. The Morgan fingerprint density at radius 3 is 1.74 bits per heavy atom. The van der Waals surface area contributed by atoms with E-state index in [4.69, 9.17) is 0 Å².